The molecule has 0 fully saturated rings. The summed E-state index contributed by atoms with van der Waals surface area (Å²) in [6, 6.07) is 2.83. The van der Waals surface area contributed by atoms with Gasteiger partial charge in [0, 0.05) is 19.0 Å². The van der Waals surface area contributed by atoms with Crippen LogP contribution in [0.3, 0.4) is 0 Å². The van der Waals surface area contributed by atoms with Gasteiger partial charge in [-0.1, -0.05) is 44.4 Å². The lowest BCUT2D eigenvalue weighted by Gasteiger charge is -2.09. The van der Waals surface area contributed by atoms with Gasteiger partial charge in [-0.15, -0.1) is 0 Å². The fraction of sp³-hybridized carbons (Fsp3) is 0.769. The maximum atomic E-state index is 8.81. The zero-order valence-electron chi connectivity index (χ0n) is 9.97. The van der Waals surface area contributed by atoms with Crippen molar-refractivity contribution in [1.82, 2.24) is 10.4 Å². The maximum absolute atomic E-state index is 8.81. The number of rotatable bonds is 0. The van der Waals surface area contributed by atoms with Crippen molar-refractivity contribution >= 4 is 0 Å². The molecule has 0 aromatic rings. The minimum absolute atomic E-state index is 0.849. The van der Waals surface area contributed by atoms with Crippen LogP contribution in [0.15, 0.2) is 0 Å². The molecule has 1 rings (SSSR count). The number of nitrogens with one attached hydrogen (secondary N) is 1. The van der Waals surface area contributed by atoms with E-state index >= 15 is 0 Å². The van der Waals surface area contributed by atoms with Crippen LogP contribution in [0.1, 0.15) is 57.8 Å². The molecule has 0 spiro atoms. The van der Waals surface area contributed by atoms with Crippen molar-refractivity contribution in [3.63, 3.8) is 0 Å². The summed E-state index contributed by atoms with van der Waals surface area (Å²) in [7, 11) is 0. The summed E-state index contributed by atoms with van der Waals surface area (Å²) in [5, 5.41) is 10.1. The third-order valence-electron chi connectivity index (χ3n) is 2.79. The smallest absolute Gasteiger partial charge is 0.208 e. The monoisotopic (exact) mass is 219 g/mol. The maximum Gasteiger partial charge on any atom is 0.208 e. The SMILES string of the molecule is N#CN1C#CCCCCCCCCCCN1. The average molecular weight is 219 g/mol. The Morgan fingerprint density at radius 2 is 1.56 bits per heavy atom. The van der Waals surface area contributed by atoms with E-state index in [0.29, 0.717) is 0 Å². The molecule has 3 heteroatoms. The molecule has 1 aliphatic rings. The van der Waals surface area contributed by atoms with Gasteiger partial charge in [0.2, 0.25) is 6.19 Å². The molecule has 0 unspecified atom stereocenters. The molecule has 88 valence electrons. The van der Waals surface area contributed by atoms with Crippen molar-refractivity contribution in [2.45, 2.75) is 57.8 Å². The van der Waals surface area contributed by atoms with Crippen molar-refractivity contribution in [2.75, 3.05) is 6.54 Å². The second-order valence-corrected chi connectivity index (χ2v) is 4.21. The van der Waals surface area contributed by atoms with Gasteiger partial charge < -0.3 is 0 Å². The Balaban J connectivity index is 2.33. The fourth-order valence-electron chi connectivity index (χ4n) is 1.82. The largest absolute Gasteiger partial charge is 0.213 e. The topological polar surface area (TPSA) is 39.1 Å². The molecule has 3 nitrogen and oxygen atoms in total. The van der Waals surface area contributed by atoms with Crippen LogP contribution in [0.25, 0.3) is 0 Å². The van der Waals surface area contributed by atoms with E-state index in [-0.39, 0.29) is 0 Å². The molecule has 0 amide bonds. The highest BCUT2D eigenvalue weighted by Crippen LogP contribution is 2.09. The van der Waals surface area contributed by atoms with E-state index in [0.717, 1.165) is 25.8 Å². The standard InChI is InChI=1S/C13H21N3/c14-13-16-12-10-8-6-4-2-1-3-5-7-9-11-15-16/h15H,1-9,11H2. The van der Waals surface area contributed by atoms with Crippen LogP contribution in [0.4, 0.5) is 0 Å². The summed E-state index contributed by atoms with van der Waals surface area (Å²) in [5.41, 5.74) is 3.02. The summed E-state index contributed by atoms with van der Waals surface area (Å²) in [6.45, 7) is 0.849. The lowest BCUT2D eigenvalue weighted by molar-refractivity contribution is 0.388. The molecular formula is C13H21N3. The third kappa shape index (κ3) is 6.32. The first-order valence-electron chi connectivity index (χ1n) is 6.35. The molecule has 0 aromatic carbocycles. The van der Waals surface area contributed by atoms with Gasteiger partial charge >= 0.3 is 0 Å². The van der Waals surface area contributed by atoms with Crippen molar-refractivity contribution in [3.05, 3.63) is 0 Å². The van der Waals surface area contributed by atoms with Crippen molar-refractivity contribution in [1.29, 1.82) is 5.26 Å². The highest BCUT2D eigenvalue weighted by atomic mass is 15.5. The van der Waals surface area contributed by atoms with E-state index in [9.17, 15) is 0 Å². The van der Waals surface area contributed by atoms with Crippen LogP contribution in [0, 0.1) is 23.4 Å². The van der Waals surface area contributed by atoms with Gasteiger partial charge in [-0.25, -0.2) is 5.43 Å². The molecule has 0 saturated carbocycles. The molecule has 0 aromatic heterocycles. The summed E-state index contributed by atoms with van der Waals surface area (Å²) < 4.78 is 0. The van der Waals surface area contributed by atoms with Gasteiger partial charge in [-0.2, -0.15) is 10.3 Å². The minimum Gasteiger partial charge on any atom is -0.213 e. The molecule has 0 aliphatic carbocycles. The van der Waals surface area contributed by atoms with E-state index in [1.54, 1.807) is 0 Å². The van der Waals surface area contributed by atoms with Crippen LogP contribution < -0.4 is 5.43 Å². The number of nitrogens with zero attached hydrogens (tertiary/aromatic N) is 2. The molecular weight excluding hydrogens is 198 g/mol. The van der Waals surface area contributed by atoms with Crippen LogP contribution in [-0.2, 0) is 0 Å². The van der Waals surface area contributed by atoms with Gasteiger partial charge in [0.15, 0.2) is 0 Å². The third-order valence-corrected chi connectivity index (χ3v) is 2.79. The van der Waals surface area contributed by atoms with E-state index in [1.165, 1.54) is 43.5 Å². The second kappa shape index (κ2) is 9.07. The Labute approximate surface area is 98.8 Å². The number of hydrogen-bond acceptors (Lipinski definition) is 3. The van der Waals surface area contributed by atoms with E-state index in [2.05, 4.69) is 17.4 Å². The lowest BCUT2D eigenvalue weighted by Crippen LogP contribution is -2.30. The molecule has 0 saturated heterocycles. The van der Waals surface area contributed by atoms with Crippen molar-refractivity contribution < 1.29 is 0 Å². The van der Waals surface area contributed by atoms with Gasteiger partial charge in [0.25, 0.3) is 0 Å². The first-order chi connectivity index (χ1) is 7.93. The average Bonchev–Trinajstić information content (AvgIpc) is 2.32. The molecule has 1 N–H and O–H groups in total. The quantitative estimate of drug-likeness (QED) is 0.503. The zero-order chi connectivity index (χ0) is 11.5. The first kappa shape index (κ1) is 12.9. The first-order valence-corrected chi connectivity index (χ1v) is 6.35. The Morgan fingerprint density at radius 1 is 0.938 bits per heavy atom. The lowest BCUT2D eigenvalue weighted by atomic mass is 10.1. The zero-order valence-corrected chi connectivity index (χ0v) is 9.97. The van der Waals surface area contributed by atoms with Gasteiger partial charge in [0.1, 0.15) is 0 Å². The number of hydrogen-bond donors (Lipinski definition) is 1. The van der Waals surface area contributed by atoms with E-state index < -0.39 is 0 Å². The molecule has 0 radical (unpaired) electrons. The molecule has 0 bridgehead atoms. The molecule has 0 atom stereocenters. The summed E-state index contributed by atoms with van der Waals surface area (Å²) in [6.07, 6.45) is 13.1. The van der Waals surface area contributed by atoms with Crippen molar-refractivity contribution in [3.8, 4) is 18.2 Å². The Kier molecular flexibility index (Phi) is 7.30. The van der Waals surface area contributed by atoms with E-state index in [4.69, 9.17) is 5.26 Å². The molecule has 1 heterocycles. The molecule has 16 heavy (non-hydrogen) atoms. The Hall–Kier alpha value is -1.19. The van der Waals surface area contributed by atoms with Crippen LogP contribution in [0.5, 0.6) is 0 Å². The fourth-order valence-corrected chi connectivity index (χ4v) is 1.82. The normalized spacial score (nSPS) is 20.1. The van der Waals surface area contributed by atoms with Crippen molar-refractivity contribution in [2.24, 2.45) is 0 Å². The summed E-state index contributed by atoms with van der Waals surface area (Å²) in [5.74, 6) is 3.03. The predicted molar refractivity (Wildman–Crippen MR) is 64.8 cm³/mol. The van der Waals surface area contributed by atoms with Gasteiger partial charge in [-0.05, 0) is 12.8 Å². The Bertz CT molecular complexity index is 269. The highest BCUT2D eigenvalue weighted by Gasteiger charge is 1.97. The minimum atomic E-state index is 0.849. The van der Waals surface area contributed by atoms with Crippen LogP contribution >= 0.6 is 0 Å². The van der Waals surface area contributed by atoms with Gasteiger partial charge in [0.05, 0.1) is 0 Å². The van der Waals surface area contributed by atoms with Crippen LogP contribution in [-0.4, -0.2) is 11.6 Å². The molecule has 1 aliphatic heterocycles. The summed E-state index contributed by atoms with van der Waals surface area (Å²) >= 11 is 0. The second-order valence-electron chi connectivity index (χ2n) is 4.21. The predicted octanol–water partition coefficient (Wildman–Crippen LogP) is 2.76. The highest BCUT2D eigenvalue weighted by molar-refractivity contribution is 5.01. The van der Waals surface area contributed by atoms with Gasteiger partial charge in [-0.3, -0.25) is 0 Å². The van der Waals surface area contributed by atoms with Crippen LogP contribution in [0.2, 0.25) is 0 Å². The van der Waals surface area contributed by atoms with E-state index in [1.807, 2.05) is 6.19 Å². The number of hydrazine groups is 1. The number of nitriles is 1. The Morgan fingerprint density at radius 3 is 2.25 bits per heavy atom. The summed E-state index contributed by atoms with van der Waals surface area (Å²) in [4.78, 5) is 0.